The van der Waals surface area contributed by atoms with Crippen molar-refractivity contribution in [2.45, 2.75) is 108 Å². The Kier molecular flexibility index (Phi) is 21.1. The average molecular weight is 861 g/mol. The van der Waals surface area contributed by atoms with Gasteiger partial charge in [0.1, 0.15) is 42.3 Å². The van der Waals surface area contributed by atoms with Crippen molar-refractivity contribution in [2.24, 2.45) is 33.8 Å². The molecule has 23 nitrogen and oxygen atoms in total. The van der Waals surface area contributed by atoms with E-state index >= 15 is 0 Å². The van der Waals surface area contributed by atoms with Gasteiger partial charge in [0.2, 0.25) is 53.2 Å². The van der Waals surface area contributed by atoms with Crippen molar-refractivity contribution in [1.82, 2.24) is 36.8 Å². The number of hydrogen-bond donors (Lipinski definition) is 12. The van der Waals surface area contributed by atoms with Crippen molar-refractivity contribution in [3.05, 3.63) is 35.9 Å². The van der Waals surface area contributed by atoms with Crippen molar-refractivity contribution in [1.29, 1.82) is 0 Å². The lowest BCUT2D eigenvalue weighted by Crippen LogP contribution is -2.61. The minimum Gasteiger partial charge on any atom is -0.394 e. The standard InChI is InChI=1S/C38H60N12O11/c1-20(2)30(36(60)45-23(31(40)55)13-14-29(39)54)49-34(58)26(18-51)48-32(56)24(11-7-15-43-38(41)42)46-33(57)25(17-22-9-5-4-6-10-22)47-35(59)28-12-8-16-50(28)37(61)27(19-52)44-21(3)53/h4-6,9-10,20,23-28,30,51-52H,7-8,11-19H2,1-3H3,(H2,39,54)(H2,40,55)(H,44,53)(H,45,60)(H,46,57)(H,47,59)(H,48,56)(H,49,58)(H4,41,42,43)/t23-,24-,25-,26-,27-,28-,30-/m0/s1. The molecule has 0 spiro atoms. The van der Waals surface area contributed by atoms with Crippen molar-refractivity contribution in [3.8, 4) is 0 Å². The van der Waals surface area contributed by atoms with Crippen LogP contribution in [0, 0.1) is 5.92 Å². The van der Waals surface area contributed by atoms with Gasteiger partial charge < -0.3 is 69.9 Å². The molecule has 0 aliphatic carbocycles. The summed E-state index contributed by atoms with van der Waals surface area (Å²) in [6.07, 6.45) is 0.147. The fraction of sp³-hybridized carbons (Fsp3) is 0.579. The SMILES string of the molecule is CC(=O)N[C@@H](CO)C(=O)N1CCC[C@H]1C(=O)N[C@@H](Cc1ccccc1)C(=O)N[C@@H](CCCN=C(N)N)C(=O)N[C@@H](CO)C(=O)N[C@H](C(=O)N[C@@H](CCC(N)=O)C(N)=O)C(C)C. The Labute approximate surface area is 352 Å². The number of likely N-dealkylation sites (tertiary alicyclic amines) is 1. The van der Waals surface area contributed by atoms with Gasteiger partial charge >= 0.3 is 0 Å². The van der Waals surface area contributed by atoms with E-state index in [1.807, 2.05) is 0 Å². The Bertz CT molecular complexity index is 1740. The maximum absolute atomic E-state index is 14.1. The number of guanidine groups is 1. The van der Waals surface area contributed by atoms with E-state index in [9.17, 15) is 53.4 Å². The molecule has 0 saturated carbocycles. The summed E-state index contributed by atoms with van der Waals surface area (Å²) in [6.45, 7) is 2.84. The molecule has 0 radical (unpaired) electrons. The largest absolute Gasteiger partial charge is 0.394 e. The number of amides is 9. The van der Waals surface area contributed by atoms with E-state index in [1.54, 1.807) is 44.2 Å². The molecular formula is C38H60N12O11. The Morgan fingerprint density at radius 3 is 1.89 bits per heavy atom. The quantitative estimate of drug-likeness (QED) is 0.0249. The topological polar surface area (TPSA) is 386 Å². The maximum Gasteiger partial charge on any atom is 0.248 e. The van der Waals surface area contributed by atoms with Crippen molar-refractivity contribution in [3.63, 3.8) is 0 Å². The van der Waals surface area contributed by atoms with Crippen molar-refractivity contribution in [2.75, 3.05) is 26.3 Å². The molecule has 61 heavy (non-hydrogen) atoms. The van der Waals surface area contributed by atoms with Gasteiger partial charge in [-0.05, 0) is 43.6 Å². The van der Waals surface area contributed by atoms with E-state index in [4.69, 9.17) is 22.9 Å². The highest BCUT2D eigenvalue weighted by molar-refractivity contribution is 5.98. The number of rotatable bonds is 25. The summed E-state index contributed by atoms with van der Waals surface area (Å²) in [4.78, 5) is 121. The number of aliphatic imine (C=N–C) groups is 1. The number of nitrogens with zero attached hydrogens (tertiary/aromatic N) is 2. The van der Waals surface area contributed by atoms with Crippen LogP contribution in [0.5, 0.6) is 0 Å². The van der Waals surface area contributed by atoms with Crippen molar-refractivity contribution < 1.29 is 53.4 Å². The second kappa shape index (κ2) is 25.3. The number of aliphatic hydroxyl groups is 2. The molecule has 0 unspecified atom stereocenters. The first-order valence-corrected chi connectivity index (χ1v) is 19.8. The third kappa shape index (κ3) is 17.0. The van der Waals surface area contributed by atoms with Crippen LogP contribution in [0.1, 0.15) is 64.9 Å². The molecule has 338 valence electrons. The van der Waals surface area contributed by atoms with Crippen LogP contribution < -0.4 is 54.8 Å². The number of nitrogens with one attached hydrogen (secondary N) is 6. The van der Waals surface area contributed by atoms with Crippen LogP contribution in [0.3, 0.4) is 0 Å². The lowest BCUT2D eigenvalue weighted by molar-refractivity contribution is -0.142. The monoisotopic (exact) mass is 860 g/mol. The molecule has 1 saturated heterocycles. The minimum atomic E-state index is -1.66. The van der Waals surface area contributed by atoms with Gasteiger partial charge in [-0.2, -0.15) is 0 Å². The van der Waals surface area contributed by atoms with Crippen LogP contribution in [0.4, 0.5) is 0 Å². The van der Waals surface area contributed by atoms with Crippen LogP contribution in [-0.2, 0) is 49.6 Å². The molecule has 1 aromatic rings. The zero-order chi connectivity index (χ0) is 45.8. The second-order valence-electron chi connectivity index (χ2n) is 14.8. The first-order chi connectivity index (χ1) is 28.8. The molecule has 1 aliphatic heterocycles. The predicted molar refractivity (Wildman–Crippen MR) is 219 cm³/mol. The smallest absolute Gasteiger partial charge is 0.248 e. The van der Waals surface area contributed by atoms with E-state index in [1.165, 1.54) is 11.8 Å². The van der Waals surface area contributed by atoms with Crippen LogP contribution in [0.15, 0.2) is 35.3 Å². The van der Waals surface area contributed by atoms with Gasteiger partial charge in [-0.25, -0.2) is 0 Å². The first kappa shape index (κ1) is 50.8. The Morgan fingerprint density at radius 1 is 0.738 bits per heavy atom. The fourth-order valence-electron chi connectivity index (χ4n) is 6.39. The number of primary amides is 2. The highest BCUT2D eigenvalue weighted by Crippen LogP contribution is 2.19. The van der Waals surface area contributed by atoms with Gasteiger partial charge in [-0.3, -0.25) is 48.1 Å². The van der Waals surface area contributed by atoms with E-state index in [2.05, 4.69) is 36.9 Å². The molecule has 1 heterocycles. The van der Waals surface area contributed by atoms with E-state index < -0.39 is 115 Å². The van der Waals surface area contributed by atoms with E-state index in [-0.39, 0.29) is 57.6 Å². The minimum absolute atomic E-state index is 0.0336. The van der Waals surface area contributed by atoms with Gasteiger partial charge in [0.25, 0.3) is 0 Å². The molecule has 1 aliphatic rings. The van der Waals surface area contributed by atoms with Gasteiger partial charge in [0, 0.05) is 32.9 Å². The lowest BCUT2D eigenvalue weighted by Gasteiger charge is -2.30. The third-order valence-electron chi connectivity index (χ3n) is 9.59. The van der Waals surface area contributed by atoms with Crippen LogP contribution >= 0.6 is 0 Å². The van der Waals surface area contributed by atoms with Gasteiger partial charge in [0.05, 0.1) is 13.2 Å². The molecule has 9 amide bonds. The number of carbonyl (C=O) groups excluding carboxylic acids is 9. The van der Waals surface area contributed by atoms with Crippen LogP contribution in [0.2, 0.25) is 0 Å². The van der Waals surface area contributed by atoms with E-state index in [0.717, 1.165) is 0 Å². The zero-order valence-electron chi connectivity index (χ0n) is 34.6. The average Bonchev–Trinajstić information content (AvgIpc) is 3.70. The van der Waals surface area contributed by atoms with E-state index in [0.29, 0.717) is 12.0 Å². The van der Waals surface area contributed by atoms with Crippen LogP contribution in [-0.4, -0.2) is 143 Å². The normalized spacial score (nSPS) is 16.4. The molecule has 0 aromatic heterocycles. The zero-order valence-corrected chi connectivity index (χ0v) is 34.6. The highest BCUT2D eigenvalue weighted by Gasteiger charge is 2.39. The summed E-state index contributed by atoms with van der Waals surface area (Å²) in [5.74, 6) is -8.08. The summed E-state index contributed by atoms with van der Waals surface area (Å²) in [6, 6.07) is -0.740. The number of benzene rings is 1. The molecular weight excluding hydrogens is 800 g/mol. The summed E-state index contributed by atoms with van der Waals surface area (Å²) in [7, 11) is 0. The Morgan fingerprint density at radius 2 is 1.33 bits per heavy atom. The maximum atomic E-state index is 14.1. The second-order valence-corrected chi connectivity index (χ2v) is 14.8. The number of nitrogens with two attached hydrogens (primary N) is 4. The Balaban J connectivity index is 2.35. The fourth-order valence-corrected chi connectivity index (χ4v) is 6.39. The van der Waals surface area contributed by atoms with Gasteiger partial charge in [-0.1, -0.05) is 44.2 Å². The molecule has 1 fully saturated rings. The first-order valence-electron chi connectivity index (χ1n) is 19.8. The third-order valence-corrected chi connectivity index (χ3v) is 9.59. The molecule has 1 aromatic carbocycles. The molecule has 7 atom stereocenters. The molecule has 16 N–H and O–H groups in total. The highest BCUT2D eigenvalue weighted by atomic mass is 16.3. The van der Waals surface area contributed by atoms with Gasteiger partial charge in [-0.15, -0.1) is 0 Å². The molecule has 23 heteroatoms. The van der Waals surface area contributed by atoms with Crippen LogP contribution in [0.25, 0.3) is 0 Å². The summed E-state index contributed by atoms with van der Waals surface area (Å²) < 4.78 is 0. The van der Waals surface area contributed by atoms with Gasteiger partial charge in [0.15, 0.2) is 5.96 Å². The van der Waals surface area contributed by atoms with Crippen molar-refractivity contribution >= 4 is 59.1 Å². The summed E-state index contributed by atoms with van der Waals surface area (Å²) in [5, 5.41) is 34.8. The number of carbonyl (C=O) groups is 9. The summed E-state index contributed by atoms with van der Waals surface area (Å²) in [5.41, 5.74) is 22.0. The predicted octanol–water partition coefficient (Wildman–Crippen LogP) is -5.41. The number of aliphatic hydroxyl groups excluding tert-OH is 2. The summed E-state index contributed by atoms with van der Waals surface area (Å²) >= 11 is 0. The molecule has 2 rings (SSSR count). The molecule has 0 bridgehead atoms. The lowest BCUT2D eigenvalue weighted by atomic mass is 10.0. The Hall–Kier alpha value is -6.36. The number of hydrogen-bond acceptors (Lipinski definition) is 12.